The zero-order valence-electron chi connectivity index (χ0n) is 12.0. The fourth-order valence-corrected chi connectivity index (χ4v) is 3.73. The van der Waals surface area contributed by atoms with Crippen molar-refractivity contribution in [2.45, 2.75) is 57.9 Å². The number of hydrogen-bond donors (Lipinski definition) is 1. The summed E-state index contributed by atoms with van der Waals surface area (Å²) in [5, 5.41) is 3.87. The Hall–Kier alpha value is -0.0800. The molecule has 2 atom stereocenters. The highest BCUT2D eigenvalue weighted by Crippen LogP contribution is 2.37. The van der Waals surface area contributed by atoms with E-state index < -0.39 is 0 Å². The van der Waals surface area contributed by atoms with Gasteiger partial charge >= 0.3 is 0 Å². The summed E-state index contributed by atoms with van der Waals surface area (Å²) in [7, 11) is 0. The van der Waals surface area contributed by atoms with E-state index in [-0.39, 0.29) is 0 Å². The van der Waals surface area contributed by atoms with Gasteiger partial charge in [-0.05, 0) is 56.5 Å². The molecule has 2 saturated carbocycles. The molecule has 1 N–H and O–H groups in total. The molecule has 3 rings (SSSR count). The van der Waals surface area contributed by atoms with Gasteiger partial charge in [0.2, 0.25) is 0 Å². The van der Waals surface area contributed by atoms with Crippen LogP contribution < -0.4 is 5.32 Å². The van der Waals surface area contributed by atoms with Crippen LogP contribution in [-0.4, -0.2) is 37.1 Å². The van der Waals surface area contributed by atoms with E-state index in [0.29, 0.717) is 0 Å². The van der Waals surface area contributed by atoms with Crippen molar-refractivity contribution in [3.63, 3.8) is 0 Å². The Morgan fingerprint density at radius 3 is 2.44 bits per heavy atom. The first-order chi connectivity index (χ1) is 8.83. The lowest BCUT2D eigenvalue weighted by atomic mass is 9.84. The number of nitrogens with zero attached hydrogens (tertiary/aromatic N) is 1. The van der Waals surface area contributed by atoms with Crippen molar-refractivity contribution in [1.29, 1.82) is 0 Å². The van der Waals surface area contributed by atoms with Crippen molar-refractivity contribution >= 4 is 0 Å². The Bertz CT molecular complexity index is 258. The van der Waals surface area contributed by atoms with E-state index in [9.17, 15) is 0 Å². The van der Waals surface area contributed by atoms with Gasteiger partial charge in [0, 0.05) is 19.1 Å². The average molecular weight is 250 g/mol. The molecule has 3 fully saturated rings. The van der Waals surface area contributed by atoms with Gasteiger partial charge in [0.15, 0.2) is 0 Å². The minimum atomic E-state index is 0.781. The molecule has 1 heterocycles. The molecule has 2 unspecified atom stereocenters. The van der Waals surface area contributed by atoms with Crippen LogP contribution in [0.2, 0.25) is 0 Å². The second kappa shape index (κ2) is 5.92. The highest BCUT2D eigenvalue weighted by molar-refractivity contribution is 4.87. The smallest absolute Gasteiger partial charge is 0.0198 e. The third-order valence-electron chi connectivity index (χ3n) is 5.34. The molecule has 1 saturated heterocycles. The second-order valence-electron chi connectivity index (χ2n) is 7.04. The molecule has 0 bridgehead atoms. The van der Waals surface area contributed by atoms with Crippen molar-refractivity contribution < 1.29 is 0 Å². The molecule has 2 heteroatoms. The van der Waals surface area contributed by atoms with Gasteiger partial charge < -0.3 is 10.2 Å². The number of likely N-dealkylation sites (tertiary alicyclic amines) is 1. The Balaban J connectivity index is 1.45. The summed E-state index contributed by atoms with van der Waals surface area (Å²) in [6.45, 7) is 7.52. The maximum absolute atomic E-state index is 3.87. The summed E-state index contributed by atoms with van der Waals surface area (Å²) in [5.41, 5.74) is 0. The summed E-state index contributed by atoms with van der Waals surface area (Å²) in [6.07, 6.45) is 10.4. The van der Waals surface area contributed by atoms with Gasteiger partial charge in [0.05, 0.1) is 0 Å². The van der Waals surface area contributed by atoms with Gasteiger partial charge in [0.1, 0.15) is 0 Å². The first kappa shape index (κ1) is 12.9. The van der Waals surface area contributed by atoms with Crippen LogP contribution in [0.3, 0.4) is 0 Å². The van der Waals surface area contributed by atoms with Gasteiger partial charge in [-0.15, -0.1) is 0 Å². The Morgan fingerprint density at radius 2 is 1.83 bits per heavy atom. The van der Waals surface area contributed by atoms with Gasteiger partial charge in [-0.25, -0.2) is 0 Å². The Morgan fingerprint density at radius 1 is 1.00 bits per heavy atom. The number of rotatable bonds is 6. The quantitative estimate of drug-likeness (QED) is 0.780. The van der Waals surface area contributed by atoms with E-state index in [1.165, 1.54) is 71.1 Å². The molecule has 0 amide bonds. The summed E-state index contributed by atoms with van der Waals surface area (Å²) < 4.78 is 0. The Labute approximate surface area is 113 Å². The number of nitrogens with one attached hydrogen (secondary N) is 1. The van der Waals surface area contributed by atoms with E-state index in [2.05, 4.69) is 17.1 Å². The first-order valence-electron chi connectivity index (χ1n) is 8.29. The van der Waals surface area contributed by atoms with Crippen LogP contribution in [0, 0.1) is 17.8 Å². The van der Waals surface area contributed by atoms with Crippen LogP contribution in [0.5, 0.6) is 0 Å². The van der Waals surface area contributed by atoms with E-state index >= 15 is 0 Å². The lowest BCUT2D eigenvalue weighted by Gasteiger charge is -2.39. The summed E-state index contributed by atoms with van der Waals surface area (Å²) in [4.78, 5) is 2.68. The maximum atomic E-state index is 3.87. The van der Waals surface area contributed by atoms with Crippen molar-refractivity contribution in [3.8, 4) is 0 Å². The van der Waals surface area contributed by atoms with Crippen LogP contribution in [0.4, 0.5) is 0 Å². The monoisotopic (exact) mass is 250 g/mol. The van der Waals surface area contributed by atoms with Crippen LogP contribution >= 0.6 is 0 Å². The lowest BCUT2D eigenvalue weighted by Crippen LogP contribution is -2.50. The molecule has 0 spiro atoms. The van der Waals surface area contributed by atoms with Gasteiger partial charge in [0.25, 0.3) is 0 Å². The molecule has 104 valence electrons. The summed E-state index contributed by atoms with van der Waals surface area (Å²) in [5.74, 6) is 3.08. The van der Waals surface area contributed by atoms with Crippen LogP contribution in [-0.2, 0) is 0 Å². The normalized spacial score (nSPS) is 34.5. The predicted octanol–water partition coefficient (Wildman–Crippen LogP) is 2.89. The molecule has 2 nitrogen and oxygen atoms in total. The fourth-order valence-electron chi connectivity index (χ4n) is 3.73. The summed E-state index contributed by atoms with van der Waals surface area (Å²) in [6, 6.07) is 0.781. The number of likely N-dealkylation sites (N-methyl/N-ethyl adjacent to an activating group) is 1. The third kappa shape index (κ3) is 3.48. The first-order valence-corrected chi connectivity index (χ1v) is 8.29. The van der Waals surface area contributed by atoms with Crippen LogP contribution in [0.15, 0.2) is 0 Å². The van der Waals surface area contributed by atoms with Gasteiger partial charge in [-0.3, -0.25) is 0 Å². The molecule has 0 aromatic rings. The number of hydrogen-bond acceptors (Lipinski definition) is 2. The van der Waals surface area contributed by atoms with Crippen molar-refractivity contribution in [1.82, 2.24) is 10.2 Å². The highest BCUT2D eigenvalue weighted by Gasteiger charge is 2.32. The minimum Gasteiger partial charge on any atom is -0.312 e. The van der Waals surface area contributed by atoms with Crippen molar-refractivity contribution in [2.24, 2.45) is 17.8 Å². The molecular formula is C16H30N2. The highest BCUT2D eigenvalue weighted by atomic mass is 15.2. The molecule has 0 radical (unpaired) electrons. The maximum Gasteiger partial charge on any atom is 0.0198 e. The topological polar surface area (TPSA) is 15.3 Å². The van der Waals surface area contributed by atoms with Crippen LogP contribution in [0.25, 0.3) is 0 Å². The van der Waals surface area contributed by atoms with E-state index in [1.807, 2.05) is 0 Å². The SMILES string of the molecule is CCN1CC(CC2CC2)CC(NCC2CCC2)C1. The van der Waals surface area contributed by atoms with Gasteiger partial charge in [-0.1, -0.05) is 26.2 Å². The molecule has 0 aromatic heterocycles. The lowest BCUT2D eigenvalue weighted by molar-refractivity contribution is 0.132. The molecule has 2 aliphatic carbocycles. The summed E-state index contributed by atoms with van der Waals surface area (Å²) >= 11 is 0. The van der Waals surface area contributed by atoms with E-state index in [1.54, 1.807) is 0 Å². The van der Waals surface area contributed by atoms with Crippen LogP contribution in [0.1, 0.15) is 51.9 Å². The zero-order valence-corrected chi connectivity index (χ0v) is 12.0. The number of piperidine rings is 1. The van der Waals surface area contributed by atoms with Crippen molar-refractivity contribution in [3.05, 3.63) is 0 Å². The Kier molecular flexibility index (Phi) is 4.25. The standard InChI is InChI=1S/C16H30N2/c1-2-18-11-15(8-13-6-7-13)9-16(12-18)17-10-14-4-3-5-14/h13-17H,2-12H2,1H3. The average Bonchev–Trinajstić information content (AvgIpc) is 3.10. The molecule has 18 heavy (non-hydrogen) atoms. The second-order valence-corrected chi connectivity index (χ2v) is 7.04. The zero-order chi connectivity index (χ0) is 12.4. The molecule has 3 aliphatic rings. The predicted molar refractivity (Wildman–Crippen MR) is 76.7 cm³/mol. The fraction of sp³-hybridized carbons (Fsp3) is 1.00. The third-order valence-corrected chi connectivity index (χ3v) is 5.34. The van der Waals surface area contributed by atoms with E-state index in [4.69, 9.17) is 0 Å². The minimum absolute atomic E-state index is 0.781. The van der Waals surface area contributed by atoms with Gasteiger partial charge in [-0.2, -0.15) is 0 Å². The van der Waals surface area contributed by atoms with Crippen molar-refractivity contribution in [2.75, 3.05) is 26.2 Å². The molecular weight excluding hydrogens is 220 g/mol. The van der Waals surface area contributed by atoms with E-state index in [0.717, 1.165) is 23.8 Å². The molecule has 0 aromatic carbocycles. The largest absolute Gasteiger partial charge is 0.312 e. The molecule has 1 aliphatic heterocycles.